The fourth-order valence-corrected chi connectivity index (χ4v) is 5.48. The topological polar surface area (TPSA) is 74.8 Å². The minimum Gasteiger partial charge on any atom is -0.373 e. The van der Waals surface area contributed by atoms with Crippen molar-refractivity contribution in [2.75, 3.05) is 29.9 Å². The molecule has 0 bridgehead atoms. The van der Waals surface area contributed by atoms with Crippen LogP contribution < -0.4 is 10.2 Å². The van der Waals surface area contributed by atoms with Gasteiger partial charge in [-0.25, -0.2) is 4.98 Å². The maximum Gasteiger partial charge on any atom is 0.231 e. The summed E-state index contributed by atoms with van der Waals surface area (Å²) in [4.78, 5) is 34.5. The van der Waals surface area contributed by atoms with Crippen LogP contribution in [0.3, 0.4) is 0 Å². The molecule has 0 aliphatic carbocycles. The molecule has 4 unspecified atom stereocenters. The molecule has 178 valence electrons. The van der Waals surface area contributed by atoms with Crippen molar-refractivity contribution >= 4 is 34.0 Å². The molecule has 2 saturated heterocycles. The van der Waals surface area contributed by atoms with E-state index in [2.05, 4.69) is 49.0 Å². The number of anilines is 2. The Balaban J connectivity index is 1.37. The Hall–Kier alpha value is -2.29. The fourth-order valence-electron chi connectivity index (χ4n) is 4.77. The molecular weight excluding hydrogens is 436 g/mol. The zero-order valence-corrected chi connectivity index (χ0v) is 20.7. The van der Waals surface area contributed by atoms with Crippen molar-refractivity contribution < 1.29 is 14.3 Å². The summed E-state index contributed by atoms with van der Waals surface area (Å²) in [6.07, 6.45) is 1.64. The highest BCUT2D eigenvalue weighted by Crippen LogP contribution is 2.34. The molecule has 2 aliphatic rings. The largest absolute Gasteiger partial charge is 0.373 e. The molecule has 2 amide bonds. The monoisotopic (exact) mass is 470 g/mol. The van der Waals surface area contributed by atoms with Gasteiger partial charge in [-0.1, -0.05) is 32.0 Å². The molecule has 2 fully saturated rings. The molecule has 1 aromatic heterocycles. The van der Waals surface area contributed by atoms with Crippen LogP contribution in [0.1, 0.15) is 57.7 Å². The lowest BCUT2D eigenvalue weighted by Crippen LogP contribution is -2.44. The number of hydrogen-bond donors (Lipinski definition) is 1. The van der Waals surface area contributed by atoms with Crippen LogP contribution in [0.25, 0.3) is 0 Å². The fraction of sp³-hybridized carbons (Fsp3) is 0.560. The predicted octanol–water partition coefficient (Wildman–Crippen LogP) is 4.26. The highest BCUT2D eigenvalue weighted by atomic mass is 32.1. The summed E-state index contributed by atoms with van der Waals surface area (Å²) in [5.41, 5.74) is 3.03. The van der Waals surface area contributed by atoms with Crippen molar-refractivity contribution in [2.45, 2.75) is 65.2 Å². The molecule has 8 heteroatoms. The summed E-state index contributed by atoms with van der Waals surface area (Å²) < 4.78 is 5.80. The van der Waals surface area contributed by atoms with Gasteiger partial charge in [0, 0.05) is 43.7 Å². The van der Waals surface area contributed by atoms with Gasteiger partial charge in [0.15, 0.2) is 5.13 Å². The second-order valence-corrected chi connectivity index (χ2v) is 10.2. The Morgan fingerprint density at radius 2 is 1.97 bits per heavy atom. The van der Waals surface area contributed by atoms with Gasteiger partial charge in [0.25, 0.3) is 0 Å². The van der Waals surface area contributed by atoms with Crippen molar-refractivity contribution in [3.05, 3.63) is 40.9 Å². The number of morpholine rings is 1. The number of carbonyl (C=O) groups excluding carboxylic acids is 2. The van der Waals surface area contributed by atoms with Crippen LogP contribution in [0.15, 0.2) is 29.6 Å². The molecule has 33 heavy (non-hydrogen) atoms. The van der Waals surface area contributed by atoms with E-state index in [1.807, 2.05) is 23.6 Å². The van der Waals surface area contributed by atoms with E-state index in [1.54, 1.807) is 4.90 Å². The Labute approximate surface area is 200 Å². The van der Waals surface area contributed by atoms with Crippen molar-refractivity contribution in [2.24, 2.45) is 5.92 Å². The van der Waals surface area contributed by atoms with Gasteiger partial charge in [-0.15, -0.1) is 11.3 Å². The van der Waals surface area contributed by atoms with Gasteiger partial charge in [0.05, 0.1) is 23.8 Å². The number of hydrogen-bond acceptors (Lipinski definition) is 6. The normalized spacial score (nSPS) is 24.8. The third kappa shape index (κ3) is 5.62. The van der Waals surface area contributed by atoms with Gasteiger partial charge >= 0.3 is 0 Å². The van der Waals surface area contributed by atoms with E-state index in [0.717, 1.165) is 43.0 Å². The van der Waals surface area contributed by atoms with Crippen molar-refractivity contribution in [3.8, 4) is 0 Å². The molecule has 0 spiro atoms. The summed E-state index contributed by atoms with van der Waals surface area (Å²) in [6.45, 7) is 11.4. The second-order valence-electron chi connectivity index (χ2n) is 9.36. The molecule has 2 aromatic rings. The van der Waals surface area contributed by atoms with E-state index in [-0.39, 0.29) is 36.4 Å². The van der Waals surface area contributed by atoms with Gasteiger partial charge < -0.3 is 15.0 Å². The van der Waals surface area contributed by atoms with E-state index < -0.39 is 0 Å². The molecule has 1 aromatic carbocycles. The number of nitrogens with zero attached hydrogens (tertiary/aromatic N) is 3. The first-order chi connectivity index (χ1) is 15.8. The smallest absolute Gasteiger partial charge is 0.231 e. The number of ether oxygens (including phenoxy) is 1. The second kappa shape index (κ2) is 10.3. The van der Waals surface area contributed by atoms with E-state index in [4.69, 9.17) is 4.74 Å². The lowest BCUT2D eigenvalue weighted by atomic mass is 9.96. The summed E-state index contributed by atoms with van der Waals surface area (Å²) >= 11 is 1.43. The standard InChI is InChI=1S/C25H34N4O3S/c1-5-16(2)21-8-6-7-9-22(21)29-13-19(10-23(29)30)24(31)27-25-26-20(15-33-25)14-28-11-17(3)32-18(4)12-28/h6-9,15-19H,5,10-14H2,1-4H3,(H,26,27,31). The summed E-state index contributed by atoms with van der Waals surface area (Å²) in [5.74, 6) is -0.161. The van der Waals surface area contributed by atoms with E-state index >= 15 is 0 Å². The number of rotatable bonds is 7. The first kappa shape index (κ1) is 23.9. The molecule has 3 heterocycles. The van der Waals surface area contributed by atoms with Crippen LogP contribution in [0.5, 0.6) is 0 Å². The van der Waals surface area contributed by atoms with Gasteiger partial charge in [-0.2, -0.15) is 0 Å². The maximum atomic E-state index is 12.9. The number of amides is 2. The quantitative estimate of drug-likeness (QED) is 0.655. The average molecular weight is 471 g/mol. The molecule has 1 N–H and O–H groups in total. The maximum absolute atomic E-state index is 12.9. The van der Waals surface area contributed by atoms with Crippen LogP contribution in [-0.2, 0) is 20.9 Å². The third-order valence-corrected chi connectivity index (χ3v) is 7.34. The lowest BCUT2D eigenvalue weighted by Gasteiger charge is -2.34. The molecule has 2 aliphatic heterocycles. The van der Waals surface area contributed by atoms with Crippen LogP contribution in [-0.4, -0.2) is 53.5 Å². The zero-order chi connectivity index (χ0) is 23.5. The van der Waals surface area contributed by atoms with Crippen molar-refractivity contribution in [1.82, 2.24) is 9.88 Å². The lowest BCUT2D eigenvalue weighted by molar-refractivity contribution is -0.122. The Morgan fingerprint density at radius 3 is 2.70 bits per heavy atom. The van der Waals surface area contributed by atoms with E-state index in [9.17, 15) is 9.59 Å². The Bertz CT molecular complexity index is 984. The SMILES string of the molecule is CCC(C)c1ccccc1N1CC(C(=O)Nc2nc(CN3CC(C)OC(C)C3)cs2)CC1=O. The third-order valence-electron chi connectivity index (χ3n) is 6.53. The Morgan fingerprint density at radius 1 is 1.24 bits per heavy atom. The average Bonchev–Trinajstić information content (AvgIpc) is 3.38. The number of benzene rings is 1. The summed E-state index contributed by atoms with van der Waals surface area (Å²) in [7, 11) is 0. The summed E-state index contributed by atoms with van der Waals surface area (Å²) in [5, 5.41) is 5.53. The van der Waals surface area contributed by atoms with E-state index in [0.29, 0.717) is 17.6 Å². The van der Waals surface area contributed by atoms with Crippen LogP contribution >= 0.6 is 11.3 Å². The number of aromatic nitrogens is 1. The van der Waals surface area contributed by atoms with Crippen LogP contribution in [0.4, 0.5) is 10.8 Å². The van der Waals surface area contributed by atoms with Crippen LogP contribution in [0, 0.1) is 5.92 Å². The van der Waals surface area contributed by atoms with Gasteiger partial charge in [0.1, 0.15) is 0 Å². The minimum absolute atomic E-state index is 0.00119. The first-order valence-corrected chi connectivity index (χ1v) is 12.7. The number of thiazole rings is 1. The molecule has 7 nitrogen and oxygen atoms in total. The molecule has 4 rings (SSSR count). The predicted molar refractivity (Wildman–Crippen MR) is 132 cm³/mol. The minimum atomic E-state index is -0.379. The van der Waals surface area contributed by atoms with Gasteiger partial charge in [-0.3, -0.25) is 14.5 Å². The molecule has 0 radical (unpaired) electrons. The van der Waals surface area contributed by atoms with Crippen molar-refractivity contribution in [3.63, 3.8) is 0 Å². The Kier molecular flexibility index (Phi) is 7.46. The van der Waals surface area contributed by atoms with Gasteiger partial charge in [-0.05, 0) is 37.8 Å². The van der Waals surface area contributed by atoms with Gasteiger partial charge in [0.2, 0.25) is 11.8 Å². The highest BCUT2D eigenvalue weighted by molar-refractivity contribution is 7.13. The number of para-hydroxylation sites is 1. The number of nitrogens with one attached hydrogen (secondary N) is 1. The van der Waals surface area contributed by atoms with Crippen molar-refractivity contribution in [1.29, 1.82) is 0 Å². The zero-order valence-electron chi connectivity index (χ0n) is 19.9. The van der Waals surface area contributed by atoms with Crippen LogP contribution in [0.2, 0.25) is 0 Å². The molecule has 4 atom stereocenters. The van der Waals surface area contributed by atoms with E-state index in [1.165, 1.54) is 11.3 Å². The first-order valence-electron chi connectivity index (χ1n) is 11.9. The molecular formula is C25H34N4O3S. The molecule has 0 saturated carbocycles. The highest BCUT2D eigenvalue weighted by Gasteiger charge is 2.36. The summed E-state index contributed by atoms with van der Waals surface area (Å²) in [6, 6.07) is 8.03. The number of carbonyl (C=O) groups is 2.